The smallest absolute Gasteiger partial charge is 0.278 e. The van der Waals surface area contributed by atoms with Crippen molar-refractivity contribution in [2.75, 3.05) is 6.54 Å². The lowest BCUT2D eigenvalue weighted by Crippen LogP contribution is -2.39. The van der Waals surface area contributed by atoms with E-state index >= 15 is 0 Å². The molecule has 0 amide bonds. The Bertz CT molecular complexity index is 542. The minimum atomic E-state index is 0.293. The van der Waals surface area contributed by atoms with Crippen LogP contribution in [0.3, 0.4) is 0 Å². The molecule has 1 aromatic heterocycles. The van der Waals surface area contributed by atoms with Crippen molar-refractivity contribution in [3.8, 4) is 0 Å². The van der Waals surface area contributed by atoms with E-state index in [0.717, 1.165) is 13.1 Å². The summed E-state index contributed by atoms with van der Waals surface area (Å²) in [6.45, 7) is 6.66. The molecule has 1 aliphatic rings. The van der Waals surface area contributed by atoms with Gasteiger partial charge in [-0.05, 0) is 25.8 Å². The van der Waals surface area contributed by atoms with E-state index in [1.807, 2.05) is 0 Å². The summed E-state index contributed by atoms with van der Waals surface area (Å²) < 4.78 is 4.79. The Morgan fingerprint density at radius 3 is 2.79 bits per heavy atom. The molecule has 19 heavy (non-hydrogen) atoms. The van der Waals surface area contributed by atoms with Crippen molar-refractivity contribution in [2.45, 2.75) is 38.9 Å². The lowest BCUT2D eigenvalue weighted by atomic mass is 10.1. The monoisotopic (exact) mass is 256 g/mol. The van der Waals surface area contributed by atoms with Crippen LogP contribution >= 0.6 is 0 Å². The molecule has 1 N–H and O–H groups in total. The summed E-state index contributed by atoms with van der Waals surface area (Å²) in [7, 11) is 0. The number of rotatable bonds is 2. The van der Waals surface area contributed by atoms with Gasteiger partial charge in [-0.1, -0.05) is 30.3 Å². The normalized spacial score (nSPS) is 19.2. The van der Waals surface area contributed by atoms with Crippen molar-refractivity contribution in [2.24, 2.45) is 0 Å². The molecule has 0 bridgehead atoms. The number of nitrogens with zero attached hydrogens (tertiary/aromatic N) is 2. The molecule has 0 saturated heterocycles. The quantitative estimate of drug-likeness (QED) is 0.819. The van der Waals surface area contributed by atoms with E-state index in [2.05, 4.69) is 71.0 Å². The van der Waals surface area contributed by atoms with Gasteiger partial charge in [-0.15, -0.1) is 0 Å². The largest absolute Gasteiger partial charge is 0.300 e. The molecule has 0 fully saturated rings. The molecule has 2 heterocycles. The fourth-order valence-electron chi connectivity index (χ4n) is 2.89. The Balaban J connectivity index is 2.10. The van der Waals surface area contributed by atoms with E-state index in [-0.39, 0.29) is 0 Å². The first-order valence-corrected chi connectivity index (χ1v) is 7.16. The van der Waals surface area contributed by atoms with E-state index in [0.29, 0.717) is 12.1 Å². The second-order valence-corrected chi connectivity index (χ2v) is 5.50. The molecule has 0 radical (unpaired) electrons. The number of aryl methyl sites for hydroxylation is 1. The summed E-state index contributed by atoms with van der Waals surface area (Å²) in [4.78, 5) is 0. The molecule has 3 rings (SSSR count). The molecular weight excluding hydrogens is 234 g/mol. The minimum absolute atomic E-state index is 0.293. The van der Waals surface area contributed by atoms with Crippen LogP contribution in [0, 0.1) is 0 Å². The minimum Gasteiger partial charge on any atom is -0.300 e. The highest BCUT2D eigenvalue weighted by Gasteiger charge is 2.31. The number of imidazole rings is 1. The number of benzene rings is 1. The molecule has 0 spiro atoms. The van der Waals surface area contributed by atoms with Crippen LogP contribution in [0.4, 0.5) is 0 Å². The van der Waals surface area contributed by atoms with E-state index in [1.54, 1.807) is 0 Å². The van der Waals surface area contributed by atoms with Gasteiger partial charge in [0.05, 0.1) is 12.6 Å². The molecule has 3 heteroatoms. The first kappa shape index (κ1) is 12.4. The van der Waals surface area contributed by atoms with Crippen molar-refractivity contribution < 1.29 is 4.57 Å². The zero-order valence-electron chi connectivity index (χ0n) is 11.7. The number of fused-ring (bicyclic) bond motifs is 1. The number of aromatic nitrogens is 2. The van der Waals surface area contributed by atoms with E-state index in [4.69, 9.17) is 0 Å². The van der Waals surface area contributed by atoms with Crippen molar-refractivity contribution >= 4 is 0 Å². The van der Waals surface area contributed by atoms with Gasteiger partial charge in [-0.2, -0.15) is 0 Å². The molecule has 0 aliphatic carbocycles. The van der Waals surface area contributed by atoms with Gasteiger partial charge in [0.15, 0.2) is 0 Å². The molecule has 1 aliphatic heterocycles. The molecule has 0 saturated carbocycles. The summed E-state index contributed by atoms with van der Waals surface area (Å²) in [6.07, 6.45) is 5.62. The van der Waals surface area contributed by atoms with Gasteiger partial charge in [0.2, 0.25) is 0 Å². The summed E-state index contributed by atoms with van der Waals surface area (Å²) in [5.41, 5.74) is 1.35. The fraction of sp³-hybridized carbons (Fsp3) is 0.438. The van der Waals surface area contributed by atoms with Crippen LogP contribution < -0.4 is 9.88 Å². The topological polar surface area (TPSA) is 20.8 Å². The maximum atomic E-state index is 3.69. The first-order valence-electron chi connectivity index (χ1n) is 7.16. The van der Waals surface area contributed by atoms with Gasteiger partial charge in [0, 0.05) is 6.54 Å². The molecule has 2 aromatic rings. The third-order valence-corrected chi connectivity index (χ3v) is 3.84. The predicted octanol–water partition coefficient (Wildman–Crippen LogP) is 2.44. The van der Waals surface area contributed by atoms with Crippen molar-refractivity contribution in [1.82, 2.24) is 9.88 Å². The number of nitrogens with one attached hydrogen (secondary N) is 1. The Hall–Kier alpha value is -1.61. The van der Waals surface area contributed by atoms with Gasteiger partial charge >= 0.3 is 0 Å². The Labute approximate surface area is 114 Å². The van der Waals surface area contributed by atoms with Gasteiger partial charge in [0.25, 0.3) is 5.82 Å². The second kappa shape index (κ2) is 5.17. The second-order valence-electron chi connectivity index (χ2n) is 5.50. The molecule has 3 nitrogen and oxygen atoms in total. The highest BCUT2D eigenvalue weighted by atomic mass is 15.2. The lowest BCUT2D eigenvalue weighted by molar-refractivity contribution is -0.703. The van der Waals surface area contributed by atoms with E-state index in [9.17, 15) is 0 Å². The summed E-state index contributed by atoms with van der Waals surface area (Å²) in [5, 5.41) is 3.69. The lowest BCUT2D eigenvalue weighted by Gasteiger charge is -2.16. The average Bonchev–Trinajstić information content (AvgIpc) is 2.73. The maximum absolute atomic E-state index is 3.69. The van der Waals surface area contributed by atoms with Crippen LogP contribution in [-0.2, 0) is 6.54 Å². The third kappa shape index (κ3) is 2.30. The molecule has 1 atom stereocenters. The average molecular weight is 256 g/mol. The third-order valence-electron chi connectivity index (χ3n) is 3.84. The predicted molar refractivity (Wildman–Crippen MR) is 75.9 cm³/mol. The van der Waals surface area contributed by atoms with Crippen LogP contribution in [0.2, 0.25) is 0 Å². The Kier molecular flexibility index (Phi) is 3.38. The van der Waals surface area contributed by atoms with Gasteiger partial charge < -0.3 is 0 Å². The number of hydrogen-bond acceptors (Lipinski definition) is 1. The van der Waals surface area contributed by atoms with Crippen LogP contribution in [0.5, 0.6) is 0 Å². The number of hydrogen-bond donors (Lipinski definition) is 1. The Morgan fingerprint density at radius 1 is 1.26 bits per heavy atom. The Morgan fingerprint density at radius 2 is 2.05 bits per heavy atom. The fourth-order valence-corrected chi connectivity index (χ4v) is 2.89. The molecule has 100 valence electrons. The zero-order valence-corrected chi connectivity index (χ0v) is 11.7. The molecule has 1 unspecified atom stereocenters. The van der Waals surface area contributed by atoms with Gasteiger partial charge in [-0.3, -0.25) is 5.32 Å². The van der Waals surface area contributed by atoms with Crippen LogP contribution in [0.15, 0.2) is 42.7 Å². The van der Waals surface area contributed by atoms with Crippen LogP contribution in [0.25, 0.3) is 0 Å². The summed E-state index contributed by atoms with van der Waals surface area (Å²) >= 11 is 0. The molecular formula is C16H22N3+. The van der Waals surface area contributed by atoms with E-state index in [1.165, 1.54) is 17.8 Å². The standard InChI is InChI=1S/C16H22N3/c1-13(2)19-12-11-18-10-6-9-17-15(16(18)19)14-7-4-3-5-8-14/h3-5,7-8,11-13,15,17H,6,9-10H2,1-2H3/q+1. The highest BCUT2D eigenvalue weighted by molar-refractivity contribution is 5.24. The zero-order chi connectivity index (χ0) is 13.2. The highest BCUT2D eigenvalue weighted by Crippen LogP contribution is 2.23. The van der Waals surface area contributed by atoms with Crippen molar-refractivity contribution in [3.05, 3.63) is 54.1 Å². The van der Waals surface area contributed by atoms with Crippen LogP contribution in [0.1, 0.15) is 43.7 Å². The first-order chi connectivity index (χ1) is 9.27. The summed E-state index contributed by atoms with van der Waals surface area (Å²) in [6, 6.07) is 11.5. The van der Waals surface area contributed by atoms with Crippen molar-refractivity contribution in [3.63, 3.8) is 0 Å². The van der Waals surface area contributed by atoms with E-state index < -0.39 is 0 Å². The van der Waals surface area contributed by atoms with Gasteiger partial charge in [0.1, 0.15) is 18.4 Å². The SMILES string of the molecule is CC(C)n1cc[n+]2c1C(c1ccccc1)NCCC2. The van der Waals surface area contributed by atoms with Gasteiger partial charge in [-0.25, -0.2) is 9.13 Å². The molecule has 1 aromatic carbocycles. The maximum Gasteiger partial charge on any atom is 0.278 e. The van der Waals surface area contributed by atoms with Crippen LogP contribution in [-0.4, -0.2) is 11.1 Å². The summed E-state index contributed by atoms with van der Waals surface area (Å²) in [5.74, 6) is 1.37. The van der Waals surface area contributed by atoms with Crippen molar-refractivity contribution in [1.29, 1.82) is 0 Å².